The third-order valence-electron chi connectivity index (χ3n) is 4.11. The predicted molar refractivity (Wildman–Crippen MR) is 91.4 cm³/mol. The molecule has 2 unspecified atom stereocenters. The van der Waals surface area contributed by atoms with Crippen molar-refractivity contribution in [2.75, 3.05) is 10.6 Å². The molecule has 0 saturated heterocycles. The van der Waals surface area contributed by atoms with Crippen LogP contribution in [-0.2, 0) is 9.59 Å². The summed E-state index contributed by atoms with van der Waals surface area (Å²) in [5, 5.41) is 5.64. The van der Waals surface area contributed by atoms with Gasteiger partial charge in [0, 0.05) is 16.8 Å². The molecule has 0 bridgehead atoms. The molecule has 0 heterocycles. The fourth-order valence-electron chi connectivity index (χ4n) is 2.55. The molecule has 1 saturated carbocycles. The third kappa shape index (κ3) is 3.96. The molecule has 0 aliphatic heterocycles. The second kappa shape index (κ2) is 6.80. The van der Waals surface area contributed by atoms with Gasteiger partial charge in [0.05, 0.1) is 17.5 Å². The standard InChI is InChI=1S/C18H15ClF2N2O2/c1-9-2-3-10(19)6-16(9)23-18(25)13-8-12(13)17(24)22-15-5-4-11(20)7-14(15)21/h2-7,12-13H,8H2,1H3,(H,22,24)(H,23,25). The number of benzene rings is 2. The van der Waals surface area contributed by atoms with Crippen LogP contribution in [0.5, 0.6) is 0 Å². The molecule has 1 aliphatic rings. The third-order valence-corrected chi connectivity index (χ3v) is 4.35. The number of carbonyl (C=O) groups is 2. The van der Waals surface area contributed by atoms with Crippen LogP contribution in [0.2, 0.25) is 5.02 Å². The fourth-order valence-corrected chi connectivity index (χ4v) is 2.72. The summed E-state index contributed by atoms with van der Waals surface area (Å²) in [6.07, 6.45) is 0.375. The van der Waals surface area contributed by atoms with Gasteiger partial charge >= 0.3 is 0 Å². The second-order valence-electron chi connectivity index (χ2n) is 6.01. The van der Waals surface area contributed by atoms with Crippen molar-refractivity contribution in [2.45, 2.75) is 13.3 Å². The van der Waals surface area contributed by atoms with E-state index in [0.717, 1.165) is 17.7 Å². The van der Waals surface area contributed by atoms with Gasteiger partial charge in [-0.1, -0.05) is 17.7 Å². The van der Waals surface area contributed by atoms with Crippen molar-refractivity contribution in [3.8, 4) is 0 Å². The molecule has 130 valence electrons. The number of hydrogen-bond donors (Lipinski definition) is 2. The van der Waals surface area contributed by atoms with Crippen molar-refractivity contribution < 1.29 is 18.4 Å². The summed E-state index contributed by atoms with van der Waals surface area (Å²) in [7, 11) is 0. The molecule has 0 aromatic heterocycles. The van der Waals surface area contributed by atoms with E-state index in [1.54, 1.807) is 18.2 Å². The lowest BCUT2D eigenvalue weighted by atomic mass is 10.2. The lowest BCUT2D eigenvalue weighted by Gasteiger charge is -2.09. The van der Waals surface area contributed by atoms with Gasteiger partial charge in [0.25, 0.3) is 0 Å². The molecular formula is C18H15ClF2N2O2. The number of anilines is 2. The zero-order chi connectivity index (χ0) is 18.1. The van der Waals surface area contributed by atoms with Crippen LogP contribution in [0.1, 0.15) is 12.0 Å². The molecule has 0 spiro atoms. The number of halogens is 3. The minimum atomic E-state index is -0.857. The van der Waals surface area contributed by atoms with Crippen LogP contribution in [0.25, 0.3) is 0 Å². The van der Waals surface area contributed by atoms with Crippen LogP contribution in [0.3, 0.4) is 0 Å². The number of amides is 2. The van der Waals surface area contributed by atoms with Crippen LogP contribution >= 0.6 is 11.6 Å². The van der Waals surface area contributed by atoms with Crippen LogP contribution in [0.4, 0.5) is 20.2 Å². The van der Waals surface area contributed by atoms with Gasteiger partial charge in [0.1, 0.15) is 11.6 Å². The highest BCUT2D eigenvalue weighted by molar-refractivity contribution is 6.31. The Labute approximate surface area is 148 Å². The normalized spacial score (nSPS) is 18.6. The summed E-state index contributed by atoms with van der Waals surface area (Å²) < 4.78 is 26.5. The predicted octanol–water partition coefficient (Wildman–Crippen LogP) is 4.14. The lowest BCUT2D eigenvalue weighted by molar-refractivity contribution is -0.122. The Morgan fingerprint density at radius 1 is 1.00 bits per heavy atom. The minimum absolute atomic E-state index is 0.108. The lowest BCUT2D eigenvalue weighted by Crippen LogP contribution is -2.21. The van der Waals surface area contributed by atoms with Crippen LogP contribution in [0, 0.1) is 30.4 Å². The molecule has 2 aromatic rings. The smallest absolute Gasteiger partial charge is 0.228 e. The molecular weight excluding hydrogens is 350 g/mol. The highest BCUT2D eigenvalue weighted by atomic mass is 35.5. The molecule has 2 N–H and O–H groups in total. The summed E-state index contributed by atoms with van der Waals surface area (Å²) >= 11 is 5.91. The van der Waals surface area contributed by atoms with Crippen molar-refractivity contribution >= 4 is 34.8 Å². The summed E-state index contributed by atoms with van der Waals surface area (Å²) in [6, 6.07) is 8.03. The Morgan fingerprint density at radius 2 is 1.64 bits per heavy atom. The monoisotopic (exact) mass is 364 g/mol. The molecule has 2 amide bonds. The van der Waals surface area contributed by atoms with Crippen LogP contribution in [0.15, 0.2) is 36.4 Å². The first kappa shape index (κ1) is 17.4. The van der Waals surface area contributed by atoms with Crippen LogP contribution < -0.4 is 10.6 Å². The number of rotatable bonds is 4. The quantitative estimate of drug-likeness (QED) is 0.856. The largest absolute Gasteiger partial charge is 0.326 e. The van der Waals surface area contributed by atoms with Crippen molar-refractivity contribution in [2.24, 2.45) is 11.8 Å². The highest BCUT2D eigenvalue weighted by Crippen LogP contribution is 2.40. The number of carbonyl (C=O) groups excluding carboxylic acids is 2. The van der Waals surface area contributed by atoms with Gasteiger partial charge in [-0.25, -0.2) is 8.78 Å². The summed E-state index contributed by atoms with van der Waals surface area (Å²) in [5.74, 6) is -3.36. The van der Waals surface area contributed by atoms with Gasteiger partial charge in [-0.3, -0.25) is 9.59 Å². The zero-order valence-electron chi connectivity index (χ0n) is 13.3. The van der Waals surface area contributed by atoms with E-state index >= 15 is 0 Å². The molecule has 25 heavy (non-hydrogen) atoms. The molecule has 1 aliphatic carbocycles. The van der Waals surface area contributed by atoms with Crippen molar-refractivity contribution in [1.29, 1.82) is 0 Å². The summed E-state index contributed by atoms with van der Waals surface area (Å²) in [4.78, 5) is 24.4. The van der Waals surface area contributed by atoms with Crippen molar-refractivity contribution in [3.63, 3.8) is 0 Å². The van der Waals surface area contributed by atoms with Gasteiger partial charge in [0.2, 0.25) is 11.8 Å². The first-order valence-corrected chi connectivity index (χ1v) is 8.06. The number of hydrogen-bond acceptors (Lipinski definition) is 2. The van der Waals surface area contributed by atoms with E-state index in [1.807, 2.05) is 6.92 Å². The maximum Gasteiger partial charge on any atom is 0.228 e. The molecule has 7 heteroatoms. The SMILES string of the molecule is Cc1ccc(Cl)cc1NC(=O)C1CC1C(=O)Nc1ccc(F)cc1F. The molecule has 2 aromatic carbocycles. The Hall–Kier alpha value is -2.47. The van der Waals surface area contributed by atoms with E-state index < -0.39 is 29.4 Å². The zero-order valence-corrected chi connectivity index (χ0v) is 14.0. The minimum Gasteiger partial charge on any atom is -0.326 e. The molecule has 2 atom stereocenters. The van der Waals surface area contributed by atoms with Gasteiger partial charge in [-0.2, -0.15) is 0 Å². The molecule has 1 fully saturated rings. The first-order valence-electron chi connectivity index (χ1n) is 7.68. The van der Waals surface area contributed by atoms with Gasteiger partial charge in [-0.15, -0.1) is 0 Å². The van der Waals surface area contributed by atoms with E-state index in [2.05, 4.69) is 10.6 Å². The Balaban J connectivity index is 1.60. The highest BCUT2D eigenvalue weighted by Gasteiger charge is 2.48. The maximum atomic E-state index is 13.6. The van der Waals surface area contributed by atoms with Crippen molar-refractivity contribution in [3.05, 3.63) is 58.6 Å². The van der Waals surface area contributed by atoms with Crippen molar-refractivity contribution in [1.82, 2.24) is 0 Å². The van der Waals surface area contributed by atoms with E-state index in [4.69, 9.17) is 11.6 Å². The van der Waals surface area contributed by atoms with Gasteiger partial charge in [-0.05, 0) is 43.2 Å². The summed E-state index contributed by atoms with van der Waals surface area (Å²) in [5.41, 5.74) is 1.34. The average molecular weight is 365 g/mol. The summed E-state index contributed by atoms with van der Waals surface area (Å²) in [6.45, 7) is 1.83. The Bertz CT molecular complexity index is 857. The maximum absolute atomic E-state index is 13.6. The van der Waals surface area contributed by atoms with Gasteiger partial charge < -0.3 is 10.6 Å². The van der Waals surface area contributed by atoms with E-state index in [-0.39, 0.29) is 11.6 Å². The average Bonchev–Trinajstić information content (AvgIpc) is 3.34. The van der Waals surface area contributed by atoms with Crippen LogP contribution in [-0.4, -0.2) is 11.8 Å². The first-order chi connectivity index (χ1) is 11.8. The van der Waals surface area contributed by atoms with Gasteiger partial charge in [0.15, 0.2) is 0 Å². The molecule has 0 radical (unpaired) electrons. The fraction of sp³-hybridized carbons (Fsp3) is 0.222. The van der Waals surface area contributed by atoms with E-state index in [1.165, 1.54) is 0 Å². The van der Waals surface area contributed by atoms with E-state index in [0.29, 0.717) is 23.2 Å². The second-order valence-corrected chi connectivity index (χ2v) is 6.45. The Morgan fingerprint density at radius 3 is 2.28 bits per heavy atom. The topological polar surface area (TPSA) is 58.2 Å². The molecule has 3 rings (SSSR count). The molecule has 4 nitrogen and oxygen atoms in total. The van der Waals surface area contributed by atoms with E-state index in [9.17, 15) is 18.4 Å². The Kier molecular flexibility index (Phi) is 4.72. The number of nitrogens with one attached hydrogen (secondary N) is 2. The number of aryl methyl sites for hydroxylation is 1.